The SMILES string of the molecule is C[C@H]1C[C@H]2CSC(N)=N[C@@]2(c2nc(NC(=O)c3ccc(Cl)cn3)cs2)CO1.C[C@H]1C[C@H]2CSC(N)=N[C@@]2(c2nc(NC(=O)c3ccc(OC(F)F)cn3)cs2)CO1.C[C@H]1C[C@H]2CSC(N)=N[C@@]2(c2nc(NC(=O)c3cnc(OC(F)F)cn3)cs2)CO1.Cc1cc(OC(F)F)cnc1C(=O)Nc1csc([C@]23CO[C@@H](C)C[C@H]2CSC(N)=N3)n1. The van der Waals surface area contributed by atoms with Crippen molar-refractivity contribution in [2.24, 2.45) is 66.6 Å². The van der Waals surface area contributed by atoms with Crippen LogP contribution in [0.5, 0.6) is 17.4 Å². The third-order valence-corrected chi connectivity index (χ3v) is 27.8. The van der Waals surface area contributed by atoms with Crippen LogP contribution in [0.3, 0.4) is 0 Å². The van der Waals surface area contributed by atoms with Gasteiger partial charge in [-0.3, -0.25) is 19.2 Å². The number of nitrogens with two attached hydrogens (primary N) is 4. The van der Waals surface area contributed by atoms with Crippen molar-refractivity contribution in [1.82, 2.24) is 44.9 Å². The summed E-state index contributed by atoms with van der Waals surface area (Å²) in [5.41, 5.74) is 22.3. The van der Waals surface area contributed by atoms with E-state index in [1.165, 1.54) is 105 Å². The molecule has 0 saturated carbocycles. The number of halogens is 7. The number of amides is 4. The maximum absolute atomic E-state index is 12.7. The molecule has 47 heteroatoms. The topological polar surface area (TPSA) is 451 Å². The zero-order valence-electron chi connectivity index (χ0n) is 62.9. The fourth-order valence-corrected chi connectivity index (χ4v) is 21.9. The van der Waals surface area contributed by atoms with Gasteiger partial charge in [-0.25, -0.2) is 64.8 Å². The lowest BCUT2D eigenvalue weighted by atomic mass is 9.80. The molecular weight excluding hydrogens is 1730 g/mol. The summed E-state index contributed by atoms with van der Waals surface area (Å²) >= 11 is 17.6. The Morgan fingerprint density at radius 2 is 0.780 bits per heavy atom. The number of alkyl halides is 6. The smallest absolute Gasteiger partial charge is 0.388 e. The predicted octanol–water partition coefficient (Wildman–Crippen LogP) is 12.0. The lowest BCUT2D eigenvalue weighted by molar-refractivity contribution is -0.0533. The van der Waals surface area contributed by atoms with Crippen LogP contribution in [0.15, 0.2) is 103 Å². The van der Waals surface area contributed by atoms with Crippen molar-refractivity contribution in [3.8, 4) is 17.4 Å². The number of aromatic nitrogens is 9. The highest BCUT2D eigenvalue weighted by Gasteiger charge is 2.54. The Hall–Kier alpha value is -8.68. The zero-order chi connectivity index (χ0) is 83.8. The Bertz CT molecular complexity index is 4900. The number of carbonyl (C=O) groups excluding carboxylic acids is 4. The number of thioether (sulfide) groups is 4. The number of pyridine rings is 3. The van der Waals surface area contributed by atoms with E-state index in [0.717, 1.165) is 88.5 Å². The van der Waals surface area contributed by atoms with E-state index in [9.17, 15) is 45.5 Å². The fourth-order valence-electron chi connectivity index (χ4n) is 13.9. The van der Waals surface area contributed by atoms with E-state index >= 15 is 0 Å². The molecule has 0 radical (unpaired) electrons. The Kier molecular flexibility index (Phi) is 28.0. The number of rotatable bonds is 18. The summed E-state index contributed by atoms with van der Waals surface area (Å²) in [6, 6.07) is 7.08. The van der Waals surface area contributed by atoms with E-state index in [1.807, 2.05) is 20.8 Å². The van der Waals surface area contributed by atoms with E-state index < -0.39 is 59.7 Å². The number of hydrogen-bond donors (Lipinski definition) is 8. The normalized spacial score (nSPS) is 26.3. The quantitative estimate of drug-likeness (QED) is 0.0370. The van der Waals surface area contributed by atoms with Crippen LogP contribution < -0.4 is 58.4 Å². The largest absolute Gasteiger partial charge is 0.433 e. The molecule has 0 unspecified atom stereocenters. The van der Waals surface area contributed by atoms with Gasteiger partial charge in [0, 0.05) is 74.4 Å². The molecule has 118 heavy (non-hydrogen) atoms. The summed E-state index contributed by atoms with van der Waals surface area (Å²) in [6.07, 6.45) is 9.63. The van der Waals surface area contributed by atoms with Crippen molar-refractivity contribution >= 4 is 172 Å². The number of thiazole rings is 4. The molecular formula is C71H76ClF6N21O11S8. The number of carbonyl (C=O) groups is 4. The molecule has 12 N–H and O–H groups in total. The molecule has 32 nitrogen and oxygen atoms in total. The van der Waals surface area contributed by atoms with Crippen LogP contribution in [0.4, 0.5) is 49.6 Å². The number of fused-ring (bicyclic) bond motifs is 4. The first-order valence-electron chi connectivity index (χ1n) is 36.1. The first-order valence-corrected chi connectivity index (χ1v) is 44.0. The van der Waals surface area contributed by atoms with Crippen LogP contribution in [-0.4, -0.2) is 183 Å². The molecule has 0 bridgehead atoms. The molecule has 0 aliphatic carbocycles. The van der Waals surface area contributed by atoms with Gasteiger partial charge in [0.05, 0.1) is 80.7 Å². The average Bonchev–Trinajstić information content (AvgIpc) is 1.16. The van der Waals surface area contributed by atoms with E-state index in [2.05, 4.69) is 87.3 Å². The van der Waals surface area contributed by atoms with Crippen LogP contribution in [-0.2, 0) is 41.1 Å². The second-order valence-electron chi connectivity index (χ2n) is 27.9. The molecule has 4 amide bonds. The molecule has 628 valence electrons. The van der Waals surface area contributed by atoms with Crippen LogP contribution in [0.2, 0.25) is 5.02 Å². The number of aryl methyl sites for hydroxylation is 1. The van der Waals surface area contributed by atoms with Gasteiger partial charge < -0.3 is 77.4 Å². The molecule has 8 aromatic heterocycles. The van der Waals surface area contributed by atoms with Crippen molar-refractivity contribution in [1.29, 1.82) is 0 Å². The van der Waals surface area contributed by atoms with Crippen molar-refractivity contribution < 1.29 is 78.7 Å². The summed E-state index contributed by atoms with van der Waals surface area (Å²) in [7, 11) is 0. The van der Waals surface area contributed by atoms with Gasteiger partial charge >= 0.3 is 19.8 Å². The van der Waals surface area contributed by atoms with E-state index in [-0.39, 0.29) is 88.2 Å². The highest BCUT2D eigenvalue weighted by molar-refractivity contribution is 8.14. The number of nitrogens with zero attached hydrogens (tertiary/aromatic N) is 13. The van der Waals surface area contributed by atoms with Gasteiger partial charge in [-0.1, -0.05) is 58.6 Å². The number of ether oxygens (including phenoxy) is 7. The Balaban J connectivity index is 0.000000137. The van der Waals surface area contributed by atoms with Gasteiger partial charge in [0.25, 0.3) is 23.6 Å². The minimum absolute atomic E-state index is 0.0494. The summed E-state index contributed by atoms with van der Waals surface area (Å²) in [5, 5.41) is 23.3. The maximum Gasteiger partial charge on any atom is 0.388 e. The van der Waals surface area contributed by atoms with Gasteiger partial charge in [-0.2, -0.15) is 26.3 Å². The number of nitrogens with one attached hydrogen (secondary N) is 4. The Morgan fingerprint density at radius 1 is 0.441 bits per heavy atom. The molecule has 0 aromatic carbocycles. The first kappa shape index (κ1) is 87.1. The fraction of sp³-hybridized carbons (Fsp3) is 0.451. The average molecular weight is 1810 g/mol. The van der Waals surface area contributed by atoms with Gasteiger partial charge in [0.1, 0.15) is 99.7 Å². The zero-order valence-corrected chi connectivity index (χ0v) is 70.2. The molecule has 8 aromatic rings. The molecule has 4 fully saturated rings. The van der Waals surface area contributed by atoms with Crippen LogP contribution in [0.1, 0.15) is 121 Å². The molecule has 4 saturated heterocycles. The summed E-state index contributed by atoms with van der Waals surface area (Å²) < 4.78 is 110. The van der Waals surface area contributed by atoms with E-state index in [1.54, 1.807) is 52.3 Å². The van der Waals surface area contributed by atoms with Gasteiger partial charge in [-0.05, 0) is 96.2 Å². The Labute approximate surface area is 707 Å². The summed E-state index contributed by atoms with van der Waals surface area (Å²) in [6.45, 7) is 2.42. The van der Waals surface area contributed by atoms with E-state index in [0.29, 0.717) is 91.9 Å². The van der Waals surface area contributed by atoms with Crippen molar-refractivity contribution in [2.75, 3.05) is 70.7 Å². The third kappa shape index (κ3) is 20.7. The summed E-state index contributed by atoms with van der Waals surface area (Å²) in [4.78, 5) is 106. The van der Waals surface area contributed by atoms with Gasteiger partial charge in [0.15, 0.2) is 20.7 Å². The molecule has 8 aliphatic heterocycles. The number of hydrogen-bond acceptors (Lipinski definition) is 36. The van der Waals surface area contributed by atoms with Crippen LogP contribution >= 0.6 is 104 Å². The highest BCUT2D eigenvalue weighted by atomic mass is 35.5. The van der Waals surface area contributed by atoms with Crippen molar-refractivity contribution in [3.63, 3.8) is 0 Å². The second-order valence-corrected chi connectivity index (χ2v) is 35.9. The minimum atomic E-state index is -3.02. The third-order valence-electron chi connectivity index (χ3n) is 19.7. The predicted molar refractivity (Wildman–Crippen MR) is 442 cm³/mol. The molecule has 16 rings (SSSR count). The standard InChI is InChI=1S/C19H21F2N5O3S2.C18H19F2N5O3S2.C17H18ClN5O2S2.C17H18F2N6O3S2/c1-9-3-12(29-17(20)21)5-23-14(9)15(27)24-13-7-30-16(25-13)19-8-28-10(2)4-11(19)6-31-18(22)26-19;1-9-4-10-6-30-17(21)25-18(10,8-27-9)15-24-13(7-29-15)23-14(26)12-3-2-11(5-22-12)28-16(19)20;1-9-4-10-6-27-16(19)23-17(10,8-25-9)15-22-13(7-26-15)21-14(24)12-3-2-11(18)5-20-12;1-8-2-9-5-30-16(20)25-17(9,7-27-8)14-24-11(6-29-14)23-13(26)10-3-22-12(4-21-10)28-15(18)19/h3,5,7,10-11,17H,4,6,8H2,1-2H3,(H2,22,26)(H,24,27);2-3,5,7,9-10,16H,4,6,8H2,1H3,(H2,21,25)(H,23,26);2-3,5,7,9-10H,4,6,8H2,1H3,(H2,19,23)(H,21,24);3-4,6,8-9,15H,2,5,7H2,1H3,(H2,20,25)(H,23,26)/t10-,11-,19-;9-,10-,18-;9-,10-,17-;8-,9-,17-/m0000/s1. The number of aliphatic imine (C=N–C) groups is 4. The summed E-state index contributed by atoms with van der Waals surface area (Å²) in [5.74, 6) is 3.34. The van der Waals surface area contributed by atoms with Crippen LogP contribution in [0, 0.1) is 30.6 Å². The van der Waals surface area contributed by atoms with Crippen molar-refractivity contribution in [3.05, 3.63) is 136 Å². The lowest BCUT2D eigenvalue weighted by Gasteiger charge is -2.44. The highest BCUT2D eigenvalue weighted by Crippen LogP contribution is 2.52. The lowest BCUT2D eigenvalue weighted by Crippen LogP contribution is -2.49. The number of anilines is 4. The van der Waals surface area contributed by atoms with Crippen LogP contribution in [0.25, 0.3) is 0 Å². The molecule has 0 spiro atoms. The first-order chi connectivity index (χ1) is 56.4. The second kappa shape index (κ2) is 37.9. The van der Waals surface area contributed by atoms with Gasteiger partial charge in [-0.15, -0.1) is 45.3 Å². The monoisotopic (exact) mass is 1800 g/mol. The molecule has 12 atom stereocenters. The minimum Gasteiger partial charge on any atom is -0.433 e. The van der Waals surface area contributed by atoms with Crippen molar-refractivity contribution in [2.45, 2.75) is 127 Å². The van der Waals surface area contributed by atoms with E-state index in [4.69, 9.17) is 73.5 Å². The molecule has 8 aliphatic rings. The molecule has 16 heterocycles. The maximum atomic E-state index is 12.7. The van der Waals surface area contributed by atoms with Gasteiger partial charge in [0.2, 0.25) is 5.88 Å². The Morgan fingerprint density at radius 3 is 1.11 bits per heavy atom. The number of amidine groups is 4.